The number of ether oxygens (including phenoxy) is 1. The molecule has 0 aliphatic heterocycles. The van der Waals surface area contributed by atoms with E-state index < -0.39 is 15.9 Å². The first-order chi connectivity index (χ1) is 14.2. The second kappa shape index (κ2) is 8.64. The molecule has 3 N–H and O–H groups in total. The average Bonchev–Trinajstić information content (AvgIpc) is 2.70. The molecule has 7 nitrogen and oxygen atoms in total. The van der Waals surface area contributed by atoms with Crippen LogP contribution in [0.5, 0.6) is 11.5 Å². The zero-order valence-electron chi connectivity index (χ0n) is 16.1. The van der Waals surface area contributed by atoms with Crippen LogP contribution in [-0.2, 0) is 10.0 Å². The highest BCUT2D eigenvalue weighted by atomic mass is 35.5. The lowest BCUT2D eigenvalue weighted by Crippen LogP contribution is -2.16. The van der Waals surface area contributed by atoms with Crippen LogP contribution in [0.1, 0.15) is 15.9 Å². The van der Waals surface area contributed by atoms with E-state index in [1.807, 2.05) is 6.92 Å². The van der Waals surface area contributed by atoms with Crippen LogP contribution in [0, 0.1) is 6.92 Å². The van der Waals surface area contributed by atoms with Crippen LogP contribution in [0.15, 0.2) is 65.6 Å². The fourth-order valence-corrected chi connectivity index (χ4v) is 3.99. The van der Waals surface area contributed by atoms with Crippen LogP contribution >= 0.6 is 11.6 Å². The van der Waals surface area contributed by atoms with Gasteiger partial charge in [-0.25, -0.2) is 8.42 Å². The van der Waals surface area contributed by atoms with Crippen molar-refractivity contribution >= 4 is 38.9 Å². The van der Waals surface area contributed by atoms with Crippen LogP contribution in [0.25, 0.3) is 0 Å². The molecule has 0 unspecified atom stereocenters. The molecule has 0 radical (unpaired) electrons. The van der Waals surface area contributed by atoms with Crippen molar-refractivity contribution in [3.63, 3.8) is 0 Å². The Hall–Kier alpha value is -3.23. The van der Waals surface area contributed by atoms with Gasteiger partial charge in [0, 0.05) is 10.6 Å². The van der Waals surface area contributed by atoms with Crippen molar-refractivity contribution in [2.45, 2.75) is 11.8 Å². The average molecular weight is 447 g/mol. The molecular weight excluding hydrogens is 428 g/mol. The van der Waals surface area contributed by atoms with Gasteiger partial charge in [-0.3, -0.25) is 9.52 Å². The third-order valence-electron chi connectivity index (χ3n) is 4.21. The maximum atomic E-state index is 12.8. The van der Waals surface area contributed by atoms with Crippen LogP contribution < -0.4 is 14.8 Å². The smallest absolute Gasteiger partial charge is 0.262 e. The number of hydrogen-bond donors (Lipinski definition) is 3. The van der Waals surface area contributed by atoms with Gasteiger partial charge in [-0.05, 0) is 61.0 Å². The summed E-state index contributed by atoms with van der Waals surface area (Å²) in [7, 11) is -2.61. The third-order valence-corrected chi connectivity index (χ3v) is 5.81. The number of carbonyl (C=O) groups excluding carboxylic acids is 1. The van der Waals surface area contributed by atoms with Gasteiger partial charge in [-0.2, -0.15) is 0 Å². The number of aryl methyl sites for hydroxylation is 1. The zero-order chi connectivity index (χ0) is 21.9. The summed E-state index contributed by atoms with van der Waals surface area (Å²) in [6.07, 6.45) is 0. The highest BCUT2D eigenvalue weighted by Gasteiger charge is 2.19. The van der Waals surface area contributed by atoms with Crippen molar-refractivity contribution in [3.05, 3.63) is 76.8 Å². The molecule has 156 valence electrons. The predicted molar refractivity (Wildman–Crippen MR) is 116 cm³/mol. The summed E-state index contributed by atoms with van der Waals surface area (Å²) < 4.78 is 33.2. The van der Waals surface area contributed by atoms with Gasteiger partial charge in [0.05, 0.1) is 23.4 Å². The molecule has 0 heterocycles. The summed E-state index contributed by atoms with van der Waals surface area (Å²) in [5.41, 5.74) is 1.34. The van der Waals surface area contributed by atoms with Gasteiger partial charge in [-0.1, -0.05) is 23.7 Å². The number of amides is 1. The first kappa shape index (κ1) is 21.5. The molecule has 0 aliphatic carbocycles. The van der Waals surface area contributed by atoms with Gasteiger partial charge in [0.2, 0.25) is 0 Å². The zero-order valence-corrected chi connectivity index (χ0v) is 17.7. The number of sulfonamides is 1. The van der Waals surface area contributed by atoms with E-state index in [9.17, 15) is 18.3 Å². The number of benzene rings is 3. The molecule has 9 heteroatoms. The Morgan fingerprint density at radius 2 is 1.80 bits per heavy atom. The Labute approximate surface area is 179 Å². The van der Waals surface area contributed by atoms with Crippen LogP contribution in [0.4, 0.5) is 11.4 Å². The number of nitrogens with one attached hydrogen (secondary N) is 2. The molecule has 0 aliphatic rings. The number of phenols is 1. The topological polar surface area (TPSA) is 105 Å². The first-order valence-electron chi connectivity index (χ1n) is 8.77. The Bertz CT molecular complexity index is 1210. The third kappa shape index (κ3) is 4.84. The van der Waals surface area contributed by atoms with Crippen molar-refractivity contribution in [1.82, 2.24) is 0 Å². The largest absolute Gasteiger partial charge is 0.506 e. The Balaban J connectivity index is 1.87. The Kier molecular flexibility index (Phi) is 6.19. The minimum atomic E-state index is -4.02. The quantitative estimate of drug-likeness (QED) is 0.486. The highest BCUT2D eigenvalue weighted by Crippen LogP contribution is 2.30. The molecule has 3 aromatic rings. The van der Waals surface area contributed by atoms with Crippen molar-refractivity contribution < 1.29 is 23.1 Å². The number of phenolic OH excluding ortho intramolecular Hbond substituents is 1. The van der Waals surface area contributed by atoms with Crippen molar-refractivity contribution in [2.75, 3.05) is 17.1 Å². The lowest BCUT2D eigenvalue weighted by molar-refractivity contribution is 0.102. The Morgan fingerprint density at radius 1 is 1.03 bits per heavy atom. The second-order valence-corrected chi connectivity index (χ2v) is 8.57. The van der Waals surface area contributed by atoms with E-state index in [4.69, 9.17) is 16.3 Å². The molecule has 0 saturated heterocycles. The van der Waals surface area contributed by atoms with Gasteiger partial charge in [0.25, 0.3) is 15.9 Å². The Morgan fingerprint density at radius 3 is 2.50 bits per heavy atom. The number of anilines is 2. The van der Waals surface area contributed by atoms with Crippen LogP contribution in [-0.4, -0.2) is 26.5 Å². The maximum absolute atomic E-state index is 12.8. The number of carbonyl (C=O) groups is 1. The fourth-order valence-electron chi connectivity index (χ4n) is 2.71. The molecule has 0 bridgehead atoms. The number of hydrogen-bond acceptors (Lipinski definition) is 5. The minimum absolute atomic E-state index is 0.0816. The van der Waals surface area contributed by atoms with Crippen LogP contribution in [0.2, 0.25) is 5.02 Å². The van der Waals surface area contributed by atoms with Crippen molar-refractivity contribution in [1.29, 1.82) is 0 Å². The van der Waals surface area contributed by atoms with E-state index in [0.717, 1.165) is 5.56 Å². The van der Waals surface area contributed by atoms with E-state index in [2.05, 4.69) is 10.0 Å². The second-order valence-electron chi connectivity index (χ2n) is 6.45. The summed E-state index contributed by atoms with van der Waals surface area (Å²) in [4.78, 5) is 12.4. The normalized spacial score (nSPS) is 11.0. The molecule has 0 spiro atoms. The minimum Gasteiger partial charge on any atom is -0.506 e. The summed E-state index contributed by atoms with van der Waals surface area (Å²) in [6, 6.07) is 14.9. The first-order valence-corrected chi connectivity index (χ1v) is 10.6. The van der Waals surface area contributed by atoms with Crippen LogP contribution in [0.3, 0.4) is 0 Å². The lowest BCUT2D eigenvalue weighted by atomic mass is 10.2. The number of halogens is 1. The van der Waals surface area contributed by atoms with Gasteiger partial charge in [-0.15, -0.1) is 0 Å². The SMILES string of the molecule is COc1ccc(Cl)cc1NS(=O)(=O)c1cccc(C(=O)Nc2ccc(C)cc2O)c1. The van der Waals surface area contributed by atoms with Gasteiger partial charge >= 0.3 is 0 Å². The van der Waals surface area contributed by atoms with Crippen molar-refractivity contribution in [3.8, 4) is 11.5 Å². The summed E-state index contributed by atoms with van der Waals surface area (Å²) in [5, 5.41) is 12.9. The molecular formula is C21H19ClN2O5S. The molecule has 30 heavy (non-hydrogen) atoms. The molecule has 1 amide bonds. The van der Waals surface area contributed by atoms with E-state index in [0.29, 0.717) is 10.8 Å². The van der Waals surface area contributed by atoms with E-state index in [1.165, 1.54) is 49.6 Å². The lowest BCUT2D eigenvalue weighted by Gasteiger charge is -2.13. The highest BCUT2D eigenvalue weighted by molar-refractivity contribution is 7.92. The predicted octanol–water partition coefficient (Wildman–Crippen LogP) is 4.42. The molecule has 0 saturated carbocycles. The number of rotatable bonds is 6. The molecule has 3 rings (SSSR count). The summed E-state index contributed by atoms with van der Waals surface area (Å²) in [5.74, 6) is -0.347. The summed E-state index contributed by atoms with van der Waals surface area (Å²) >= 11 is 5.95. The molecule has 0 fully saturated rings. The fraction of sp³-hybridized carbons (Fsp3) is 0.0952. The summed E-state index contributed by atoms with van der Waals surface area (Å²) in [6.45, 7) is 1.81. The van der Waals surface area contributed by atoms with E-state index in [-0.39, 0.29) is 27.6 Å². The standard InChI is InChI=1S/C21H19ClN2O5S/c1-13-6-8-17(19(25)10-13)23-21(26)14-4-3-5-16(11-14)30(27,28)24-18-12-15(22)7-9-20(18)29-2/h3-12,24-25H,1-2H3,(H,23,26). The molecule has 3 aromatic carbocycles. The van der Waals surface area contributed by atoms with Gasteiger partial charge in [0.15, 0.2) is 0 Å². The monoisotopic (exact) mass is 446 g/mol. The number of methoxy groups -OCH3 is 1. The van der Waals surface area contributed by atoms with Gasteiger partial charge < -0.3 is 15.2 Å². The van der Waals surface area contributed by atoms with Gasteiger partial charge in [0.1, 0.15) is 11.5 Å². The number of aromatic hydroxyl groups is 1. The van der Waals surface area contributed by atoms with Crippen molar-refractivity contribution in [2.24, 2.45) is 0 Å². The van der Waals surface area contributed by atoms with E-state index >= 15 is 0 Å². The van der Waals surface area contributed by atoms with E-state index in [1.54, 1.807) is 18.2 Å². The molecule has 0 atom stereocenters. The maximum Gasteiger partial charge on any atom is 0.262 e. The molecule has 0 aromatic heterocycles.